The lowest BCUT2D eigenvalue weighted by atomic mass is 9.99. The smallest absolute Gasteiger partial charge is 0.276 e. The van der Waals surface area contributed by atoms with Crippen LogP contribution in [0.4, 0.5) is 11.4 Å². The third kappa shape index (κ3) is 1.87. The number of aromatic nitrogens is 2. The average Bonchev–Trinajstić information content (AvgIpc) is 2.84. The van der Waals surface area contributed by atoms with Crippen molar-refractivity contribution < 1.29 is 4.79 Å². The molecule has 0 fully saturated rings. The Hall–Kier alpha value is -2.30. The number of nitrogens with zero attached hydrogens (tertiary/aromatic N) is 3. The zero-order valence-electron chi connectivity index (χ0n) is 10.8. The van der Waals surface area contributed by atoms with E-state index >= 15 is 0 Å². The molecule has 1 aromatic heterocycles. The van der Waals surface area contributed by atoms with Gasteiger partial charge in [0.1, 0.15) is 5.69 Å². The highest BCUT2D eigenvalue weighted by molar-refractivity contribution is 6.06. The standard InChI is InChI=1S/C14H16N4O/c1-17-13(7-8-16-17)14(19)18-9-3-4-10-11(15)5-2-6-12(10)18/h2,5-8H,3-4,9,15H2,1H3. The van der Waals surface area contributed by atoms with Crippen LogP contribution in [0.5, 0.6) is 0 Å². The van der Waals surface area contributed by atoms with E-state index in [1.165, 1.54) is 0 Å². The number of hydrogen-bond donors (Lipinski definition) is 1. The van der Waals surface area contributed by atoms with Crippen molar-refractivity contribution in [2.45, 2.75) is 12.8 Å². The molecule has 0 radical (unpaired) electrons. The minimum Gasteiger partial charge on any atom is -0.398 e. The molecule has 2 aromatic rings. The molecular formula is C14H16N4O. The Morgan fingerprint density at radius 1 is 1.37 bits per heavy atom. The number of hydrogen-bond acceptors (Lipinski definition) is 3. The summed E-state index contributed by atoms with van der Waals surface area (Å²) in [7, 11) is 1.78. The summed E-state index contributed by atoms with van der Waals surface area (Å²) in [6.45, 7) is 0.723. The maximum absolute atomic E-state index is 12.6. The van der Waals surface area contributed by atoms with Crippen molar-refractivity contribution in [1.82, 2.24) is 9.78 Å². The van der Waals surface area contributed by atoms with Gasteiger partial charge in [0.15, 0.2) is 0 Å². The fourth-order valence-electron chi connectivity index (χ4n) is 2.58. The number of carbonyl (C=O) groups is 1. The van der Waals surface area contributed by atoms with Gasteiger partial charge in [-0.25, -0.2) is 0 Å². The summed E-state index contributed by atoms with van der Waals surface area (Å²) in [5, 5.41) is 4.05. The van der Waals surface area contributed by atoms with E-state index in [9.17, 15) is 4.79 Å². The summed E-state index contributed by atoms with van der Waals surface area (Å²) in [4.78, 5) is 14.4. The maximum Gasteiger partial charge on any atom is 0.276 e. The highest BCUT2D eigenvalue weighted by Gasteiger charge is 2.26. The number of rotatable bonds is 1. The Morgan fingerprint density at radius 2 is 2.21 bits per heavy atom. The van der Waals surface area contributed by atoms with Crippen molar-refractivity contribution in [1.29, 1.82) is 0 Å². The molecule has 0 atom stereocenters. The van der Waals surface area contributed by atoms with E-state index in [2.05, 4.69) is 5.10 Å². The van der Waals surface area contributed by atoms with Crippen LogP contribution in [0.15, 0.2) is 30.5 Å². The lowest BCUT2D eigenvalue weighted by Crippen LogP contribution is -2.36. The first kappa shape index (κ1) is 11.8. The van der Waals surface area contributed by atoms with Gasteiger partial charge in [-0.2, -0.15) is 5.10 Å². The topological polar surface area (TPSA) is 64.2 Å². The van der Waals surface area contributed by atoms with E-state index in [1.807, 2.05) is 18.2 Å². The van der Waals surface area contributed by atoms with Gasteiger partial charge in [-0.05, 0) is 36.6 Å². The lowest BCUT2D eigenvalue weighted by molar-refractivity contribution is 0.0976. The van der Waals surface area contributed by atoms with Crippen molar-refractivity contribution in [3.8, 4) is 0 Å². The van der Waals surface area contributed by atoms with Crippen LogP contribution >= 0.6 is 0 Å². The number of fused-ring (bicyclic) bond motifs is 1. The van der Waals surface area contributed by atoms with Gasteiger partial charge in [-0.3, -0.25) is 9.48 Å². The molecule has 0 unspecified atom stereocenters. The van der Waals surface area contributed by atoms with Crippen molar-refractivity contribution in [2.75, 3.05) is 17.2 Å². The Morgan fingerprint density at radius 3 is 2.95 bits per heavy atom. The fraction of sp³-hybridized carbons (Fsp3) is 0.286. The SMILES string of the molecule is Cn1nccc1C(=O)N1CCCc2c(N)cccc21. The number of anilines is 2. The molecule has 0 aliphatic carbocycles. The molecule has 2 N–H and O–H groups in total. The molecule has 5 heteroatoms. The molecule has 0 saturated heterocycles. The zero-order chi connectivity index (χ0) is 13.4. The summed E-state index contributed by atoms with van der Waals surface area (Å²) in [6, 6.07) is 7.47. The van der Waals surface area contributed by atoms with Crippen LogP contribution in [0, 0.1) is 0 Å². The van der Waals surface area contributed by atoms with Gasteiger partial charge in [0.2, 0.25) is 0 Å². The largest absolute Gasteiger partial charge is 0.398 e. The first-order valence-corrected chi connectivity index (χ1v) is 6.35. The Balaban J connectivity index is 2.03. The fourth-order valence-corrected chi connectivity index (χ4v) is 2.58. The van der Waals surface area contributed by atoms with Crippen LogP contribution in [0.2, 0.25) is 0 Å². The minimum atomic E-state index is -0.0217. The quantitative estimate of drug-likeness (QED) is 0.788. The molecule has 5 nitrogen and oxygen atoms in total. The molecule has 0 bridgehead atoms. The predicted molar refractivity (Wildman–Crippen MR) is 74.1 cm³/mol. The van der Waals surface area contributed by atoms with E-state index in [1.54, 1.807) is 28.9 Å². The number of nitrogens with two attached hydrogens (primary N) is 1. The van der Waals surface area contributed by atoms with Crippen LogP contribution in [0.3, 0.4) is 0 Å². The first-order chi connectivity index (χ1) is 9.18. The van der Waals surface area contributed by atoms with Crippen LogP contribution in [-0.2, 0) is 13.5 Å². The first-order valence-electron chi connectivity index (χ1n) is 6.35. The summed E-state index contributed by atoms with van der Waals surface area (Å²) in [5.74, 6) is -0.0217. The van der Waals surface area contributed by atoms with Gasteiger partial charge in [-0.1, -0.05) is 6.07 Å². The monoisotopic (exact) mass is 256 g/mol. The molecule has 19 heavy (non-hydrogen) atoms. The third-order valence-corrected chi connectivity index (χ3v) is 3.57. The molecule has 2 heterocycles. The van der Waals surface area contributed by atoms with Crippen molar-refractivity contribution in [3.63, 3.8) is 0 Å². The van der Waals surface area contributed by atoms with E-state index in [0.29, 0.717) is 5.69 Å². The van der Waals surface area contributed by atoms with Gasteiger partial charge in [0.05, 0.1) is 0 Å². The summed E-state index contributed by atoms with van der Waals surface area (Å²) >= 11 is 0. The molecule has 1 aromatic carbocycles. The summed E-state index contributed by atoms with van der Waals surface area (Å²) < 4.78 is 1.60. The van der Waals surface area contributed by atoms with Crippen molar-refractivity contribution >= 4 is 17.3 Å². The van der Waals surface area contributed by atoms with Gasteiger partial charge in [-0.15, -0.1) is 0 Å². The molecular weight excluding hydrogens is 240 g/mol. The second kappa shape index (κ2) is 4.42. The minimum absolute atomic E-state index is 0.0217. The van der Waals surface area contributed by atoms with E-state index < -0.39 is 0 Å². The van der Waals surface area contributed by atoms with Gasteiger partial charge >= 0.3 is 0 Å². The number of nitrogen functional groups attached to an aromatic ring is 1. The second-order valence-corrected chi connectivity index (χ2v) is 4.75. The Labute approximate surface area is 111 Å². The molecule has 0 saturated carbocycles. The van der Waals surface area contributed by atoms with Crippen LogP contribution in [-0.4, -0.2) is 22.2 Å². The zero-order valence-corrected chi connectivity index (χ0v) is 10.8. The van der Waals surface area contributed by atoms with Crippen LogP contribution in [0.1, 0.15) is 22.5 Å². The van der Waals surface area contributed by atoms with E-state index in [4.69, 9.17) is 5.73 Å². The summed E-state index contributed by atoms with van der Waals surface area (Å²) in [6.07, 6.45) is 3.50. The predicted octanol–water partition coefficient (Wildman–Crippen LogP) is 1.60. The van der Waals surface area contributed by atoms with E-state index in [-0.39, 0.29) is 5.91 Å². The molecule has 0 spiro atoms. The molecule has 3 rings (SSSR count). The Bertz CT molecular complexity index is 632. The van der Waals surface area contributed by atoms with Crippen LogP contribution in [0.25, 0.3) is 0 Å². The average molecular weight is 256 g/mol. The third-order valence-electron chi connectivity index (χ3n) is 3.57. The second-order valence-electron chi connectivity index (χ2n) is 4.75. The maximum atomic E-state index is 12.6. The number of aryl methyl sites for hydroxylation is 1. The van der Waals surface area contributed by atoms with Gasteiger partial charge in [0.25, 0.3) is 5.91 Å². The van der Waals surface area contributed by atoms with E-state index in [0.717, 1.165) is 36.3 Å². The molecule has 1 aliphatic rings. The normalized spacial score (nSPS) is 14.3. The lowest BCUT2D eigenvalue weighted by Gasteiger charge is -2.30. The van der Waals surface area contributed by atoms with Crippen molar-refractivity contribution in [3.05, 3.63) is 41.7 Å². The molecule has 1 aliphatic heterocycles. The molecule has 1 amide bonds. The van der Waals surface area contributed by atoms with Gasteiger partial charge < -0.3 is 10.6 Å². The highest BCUT2D eigenvalue weighted by atomic mass is 16.2. The Kier molecular flexibility index (Phi) is 2.74. The number of carbonyl (C=O) groups excluding carboxylic acids is 1. The number of amides is 1. The van der Waals surface area contributed by atoms with Crippen molar-refractivity contribution in [2.24, 2.45) is 7.05 Å². The number of benzene rings is 1. The molecule has 98 valence electrons. The van der Waals surface area contributed by atoms with Gasteiger partial charge in [0, 0.05) is 31.2 Å². The van der Waals surface area contributed by atoms with Crippen LogP contribution < -0.4 is 10.6 Å². The highest BCUT2D eigenvalue weighted by Crippen LogP contribution is 2.32. The summed E-state index contributed by atoms with van der Waals surface area (Å²) in [5.41, 5.74) is 9.36.